The van der Waals surface area contributed by atoms with Crippen molar-refractivity contribution in [3.63, 3.8) is 0 Å². The molecular weight excluding hydrogens is 115 g/mol. The van der Waals surface area contributed by atoms with E-state index in [2.05, 4.69) is 0 Å². The number of hydrogen-bond donors (Lipinski definition) is 1. The van der Waals surface area contributed by atoms with E-state index in [1.54, 1.807) is 16.9 Å². The molecule has 0 amide bonds. The number of aliphatic hydroxyl groups excluding tert-OH is 1. The molecule has 0 rings (SSSR count). The van der Waals surface area contributed by atoms with Gasteiger partial charge in [0.25, 0.3) is 0 Å². The van der Waals surface area contributed by atoms with Gasteiger partial charge in [-0.15, -0.1) is 0 Å². The summed E-state index contributed by atoms with van der Waals surface area (Å²) in [7, 11) is 0. The van der Waals surface area contributed by atoms with Crippen LogP contribution in [-0.2, 0) is 0 Å². The van der Waals surface area contributed by atoms with Crippen molar-refractivity contribution in [3.8, 4) is 0 Å². The number of hydrogen-bond acceptors (Lipinski definition) is 1. The first-order valence-electron chi connectivity index (χ1n) is 1.22. The molecule has 0 spiro atoms. The summed E-state index contributed by atoms with van der Waals surface area (Å²) >= 11 is 1.57. The van der Waals surface area contributed by atoms with Gasteiger partial charge in [0.2, 0.25) is 0 Å². The molecule has 0 aliphatic carbocycles. The van der Waals surface area contributed by atoms with Gasteiger partial charge in [-0.1, -0.05) is 0 Å². The van der Waals surface area contributed by atoms with Gasteiger partial charge in [0, 0.05) is 0 Å². The molecule has 0 aromatic rings. The molecule has 0 aliphatic rings. The van der Waals surface area contributed by atoms with Gasteiger partial charge in [-0.25, -0.2) is 0 Å². The van der Waals surface area contributed by atoms with Gasteiger partial charge in [-0.2, -0.15) is 0 Å². The van der Waals surface area contributed by atoms with Crippen molar-refractivity contribution in [2.24, 2.45) is 0 Å². The Bertz CT molecular complexity index is 8.00. The normalized spacial score (nSPS) is 7.50. The van der Waals surface area contributed by atoms with E-state index in [4.69, 9.17) is 5.11 Å². The van der Waals surface area contributed by atoms with Gasteiger partial charge >= 0.3 is 33.8 Å². The van der Waals surface area contributed by atoms with Crippen molar-refractivity contribution in [1.29, 1.82) is 0 Å². The molecule has 0 radical (unpaired) electrons. The van der Waals surface area contributed by atoms with E-state index in [0.717, 1.165) is 5.21 Å². The van der Waals surface area contributed by atoms with Crippen molar-refractivity contribution >= 4 is 16.9 Å². The first kappa shape index (κ1) is 4.52. The van der Waals surface area contributed by atoms with Gasteiger partial charge in [0.1, 0.15) is 0 Å². The van der Waals surface area contributed by atoms with Crippen LogP contribution in [0, 0.1) is 0 Å². The molecule has 1 unspecified atom stereocenters. The Labute approximate surface area is 34.5 Å². The quantitative estimate of drug-likeness (QED) is 0.443. The minimum atomic E-state index is 0.347. The van der Waals surface area contributed by atoms with Crippen LogP contribution in [-0.4, -0.2) is 28.6 Å². The van der Waals surface area contributed by atoms with Crippen LogP contribution in [0.25, 0.3) is 0 Å². The fourth-order valence-electron chi connectivity index (χ4n) is 0. The average Bonchev–Trinajstić information content (AvgIpc) is 1.37. The van der Waals surface area contributed by atoms with Gasteiger partial charge in [-0.3, -0.25) is 0 Å². The second-order valence-electron chi connectivity index (χ2n) is 0.512. The van der Waals surface area contributed by atoms with Gasteiger partial charge in [-0.05, 0) is 0 Å². The summed E-state index contributed by atoms with van der Waals surface area (Å²) in [5.41, 5.74) is 0. The molecule has 0 bridgehead atoms. The van der Waals surface area contributed by atoms with Crippen LogP contribution in [0.2, 0.25) is 5.21 Å². The molecule has 1 atom stereocenters. The van der Waals surface area contributed by atoms with E-state index in [0.29, 0.717) is 6.61 Å². The van der Waals surface area contributed by atoms with Crippen LogP contribution in [0.15, 0.2) is 0 Å². The third kappa shape index (κ3) is 2.52. The fraction of sp³-hybridized carbons (Fsp3) is 1.00. The third-order valence-electron chi connectivity index (χ3n) is 0.129. The van der Waals surface area contributed by atoms with Crippen LogP contribution in [0.1, 0.15) is 0 Å². The molecule has 2 heteroatoms. The monoisotopic (exact) mass is 122 g/mol. The van der Waals surface area contributed by atoms with E-state index in [9.17, 15) is 0 Å². The first-order chi connectivity index (χ1) is 1.91. The average molecular weight is 122 g/mol. The summed E-state index contributed by atoms with van der Waals surface area (Å²) in [6.07, 6.45) is 0. The minimum absolute atomic E-state index is 0.347. The molecular formula is C2H7AsO. The Morgan fingerprint density at radius 2 is 2.00 bits per heavy atom. The summed E-state index contributed by atoms with van der Waals surface area (Å²) in [6.45, 7) is 0.347. The summed E-state index contributed by atoms with van der Waals surface area (Å²) < 4.78 is 0. The third-order valence-corrected chi connectivity index (χ3v) is 0.671. The maximum absolute atomic E-state index is 7.89. The Morgan fingerprint density at radius 3 is 2.00 bits per heavy atom. The predicted molar refractivity (Wildman–Crippen MR) is 20.4 cm³/mol. The topological polar surface area (TPSA) is 20.2 Å². The van der Waals surface area contributed by atoms with E-state index in [1.807, 2.05) is 0 Å². The molecule has 0 aliphatic heterocycles. The summed E-state index contributed by atoms with van der Waals surface area (Å²) in [4.78, 5) is 0. The number of rotatable bonds is 1. The summed E-state index contributed by atoms with van der Waals surface area (Å²) in [6, 6.07) is 0. The van der Waals surface area contributed by atoms with Crippen molar-refractivity contribution in [2.75, 3.05) is 6.61 Å². The van der Waals surface area contributed by atoms with Crippen LogP contribution in [0.3, 0.4) is 0 Å². The second-order valence-corrected chi connectivity index (χ2v) is 1.72. The Kier molecular flexibility index (Phi) is 3.97. The molecule has 1 N–H and O–H groups in total. The Balaban J connectivity index is 1.97. The molecule has 4 heavy (non-hydrogen) atoms. The zero-order chi connectivity index (χ0) is 3.41. The van der Waals surface area contributed by atoms with E-state index < -0.39 is 0 Å². The van der Waals surface area contributed by atoms with E-state index in [1.165, 1.54) is 0 Å². The molecule has 0 saturated heterocycles. The molecule has 26 valence electrons. The zero-order valence-corrected chi connectivity index (χ0v) is 4.86. The van der Waals surface area contributed by atoms with E-state index in [-0.39, 0.29) is 0 Å². The molecule has 0 heterocycles. The van der Waals surface area contributed by atoms with Crippen molar-refractivity contribution < 1.29 is 5.11 Å². The van der Waals surface area contributed by atoms with Crippen LogP contribution < -0.4 is 0 Å². The summed E-state index contributed by atoms with van der Waals surface area (Å²) in [5, 5.41) is 8.83. The van der Waals surface area contributed by atoms with Gasteiger partial charge in [0.05, 0.1) is 0 Å². The Morgan fingerprint density at radius 1 is 1.75 bits per heavy atom. The fourth-order valence-corrected chi connectivity index (χ4v) is 0. The van der Waals surface area contributed by atoms with Gasteiger partial charge in [0.15, 0.2) is 0 Å². The second kappa shape index (κ2) is 3.52. The van der Waals surface area contributed by atoms with Gasteiger partial charge < -0.3 is 0 Å². The van der Waals surface area contributed by atoms with Crippen molar-refractivity contribution in [2.45, 2.75) is 5.21 Å². The SMILES string of the molecule is OCC[AsH2]. The Hall–Kier alpha value is 0.518. The van der Waals surface area contributed by atoms with Crippen molar-refractivity contribution in [1.82, 2.24) is 0 Å². The molecule has 0 fully saturated rings. The van der Waals surface area contributed by atoms with Crippen LogP contribution in [0.5, 0.6) is 0 Å². The number of aliphatic hydroxyl groups is 1. The first-order valence-corrected chi connectivity index (χ1v) is 2.94. The maximum atomic E-state index is 7.89. The standard InChI is InChI=1S/C2H7AsO/c3-1-2-4/h4H,1-3H2. The predicted octanol–water partition coefficient (Wildman–Crippen LogP) is -0.970. The van der Waals surface area contributed by atoms with Crippen LogP contribution >= 0.6 is 0 Å². The molecule has 0 aromatic heterocycles. The zero-order valence-electron chi connectivity index (χ0n) is 2.44. The molecule has 1 nitrogen and oxygen atoms in total. The summed E-state index contributed by atoms with van der Waals surface area (Å²) in [5.74, 6) is 0. The molecule has 0 saturated carbocycles. The van der Waals surface area contributed by atoms with E-state index >= 15 is 0 Å². The molecule has 0 aromatic carbocycles. The van der Waals surface area contributed by atoms with Crippen molar-refractivity contribution in [3.05, 3.63) is 0 Å². The van der Waals surface area contributed by atoms with Crippen LogP contribution in [0.4, 0.5) is 0 Å².